The van der Waals surface area contributed by atoms with E-state index in [0.29, 0.717) is 11.3 Å². The molecule has 4 heteroatoms. The van der Waals surface area contributed by atoms with Gasteiger partial charge in [-0.25, -0.2) is 8.42 Å². The summed E-state index contributed by atoms with van der Waals surface area (Å²) in [5.41, 5.74) is 2.04. The van der Waals surface area contributed by atoms with Gasteiger partial charge in [0.1, 0.15) is 5.76 Å². The van der Waals surface area contributed by atoms with Crippen LogP contribution in [0.5, 0.6) is 0 Å². The van der Waals surface area contributed by atoms with Crippen LogP contribution in [0.3, 0.4) is 0 Å². The summed E-state index contributed by atoms with van der Waals surface area (Å²) in [6.07, 6.45) is 4.00. The van der Waals surface area contributed by atoms with Crippen LogP contribution in [0, 0.1) is 0 Å². The predicted octanol–water partition coefficient (Wildman–Crippen LogP) is 3.72. The molecule has 0 fully saturated rings. The smallest absolute Gasteiger partial charge is 0.178 e. The van der Waals surface area contributed by atoms with Crippen LogP contribution < -0.4 is 0 Å². The van der Waals surface area contributed by atoms with Gasteiger partial charge in [0.15, 0.2) is 9.84 Å². The van der Waals surface area contributed by atoms with Crippen molar-refractivity contribution in [3.05, 3.63) is 59.6 Å². The molecule has 106 valence electrons. The van der Waals surface area contributed by atoms with Crippen molar-refractivity contribution in [1.82, 2.24) is 0 Å². The van der Waals surface area contributed by atoms with Crippen molar-refractivity contribution in [2.45, 2.75) is 25.2 Å². The zero-order valence-electron chi connectivity index (χ0n) is 11.7. The highest BCUT2D eigenvalue weighted by Crippen LogP contribution is 2.15. The lowest BCUT2D eigenvalue weighted by Gasteiger charge is -2.02. The van der Waals surface area contributed by atoms with Crippen molar-refractivity contribution >= 4 is 15.9 Å². The summed E-state index contributed by atoms with van der Waals surface area (Å²) in [4.78, 5) is 0.369. The second kappa shape index (κ2) is 6.09. The van der Waals surface area contributed by atoms with Crippen LogP contribution in [-0.4, -0.2) is 14.2 Å². The molecule has 0 amide bonds. The number of rotatable bonds is 5. The van der Waals surface area contributed by atoms with E-state index in [4.69, 9.17) is 4.42 Å². The van der Waals surface area contributed by atoms with Gasteiger partial charge in [-0.05, 0) is 50.1 Å². The molecule has 1 aromatic heterocycles. The van der Waals surface area contributed by atoms with Gasteiger partial charge in [0, 0.05) is 0 Å². The Morgan fingerprint density at radius 3 is 2.55 bits per heavy atom. The summed E-state index contributed by atoms with van der Waals surface area (Å²) < 4.78 is 29.7. The van der Waals surface area contributed by atoms with E-state index in [-0.39, 0.29) is 5.75 Å². The number of hydrogen-bond acceptors (Lipinski definition) is 3. The van der Waals surface area contributed by atoms with Crippen molar-refractivity contribution in [1.29, 1.82) is 0 Å². The van der Waals surface area contributed by atoms with Crippen LogP contribution in [0.4, 0.5) is 0 Å². The van der Waals surface area contributed by atoms with E-state index in [9.17, 15) is 8.42 Å². The highest BCUT2D eigenvalue weighted by Gasteiger charge is 2.14. The van der Waals surface area contributed by atoms with Gasteiger partial charge in [-0.3, -0.25) is 0 Å². The minimum absolute atomic E-state index is 0.0881. The summed E-state index contributed by atoms with van der Waals surface area (Å²) in [6, 6.07) is 10.4. The highest BCUT2D eigenvalue weighted by atomic mass is 32.2. The fourth-order valence-electron chi connectivity index (χ4n) is 1.88. The van der Waals surface area contributed by atoms with Gasteiger partial charge in [-0.15, -0.1) is 0 Å². The maximum absolute atomic E-state index is 12.1. The molecule has 2 aromatic rings. The van der Waals surface area contributed by atoms with Crippen molar-refractivity contribution in [3.63, 3.8) is 0 Å². The number of aryl methyl sites for hydroxylation is 1. The molecule has 20 heavy (non-hydrogen) atoms. The number of furan rings is 1. The summed E-state index contributed by atoms with van der Waals surface area (Å²) >= 11 is 0. The van der Waals surface area contributed by atoms with Crippen molar-refractivity contribution < 1.29 is 12.8 Å². The summed E-state index contributed by atoms with van der Waals surface area (Å²) in [7, 11) is -3.23. The molecular weight excluding hydrogens is 272 g/mol. The molecule has 0 bridgehead atoms. The van der Waals surface area contributed by atoms with Crippen LogP contribution >= 0.6 is 0 Å². The fraction of sp³-hybridized carbons (Fsp3) is 0.250. The zero-order valence-corrected chi connectivity index (χ0v) is 12.5. The van der Waals surface area contributed by atoms with Crippen LogP contribution in [0.2, 0.25) is 0 Å². The van der Waals surface area contributed by atoms with E-state index < -0.39 is 9.84 Å². The van der Waals surface area contributed by atoms with Crippen molar-refractivity contribution in [2.24, 2.45) is 0 Å². The summed E-state index contributed by atoms with van der Waals surface area (Å²) in [5, 5.41) is 0. The maximum Gasteiger partial charge on any atom is 0.178 e. The Morgan fingerprint density at radius 2 is 1.90 bits per heavy atom. The molecule has 1 aromatic carbocycles. The Hall–Kier alpha value is -1.81. The number of benzene rings is 1. The van der Waals surface area contributed by atoms with Crippen molar-refractivity contribution in [3.8, 4) is 0 Å². The molecular formula is C16H18O3S. The quantitative estimate of drug-likeness (QED) is 0.843. The van der Waals surface area contributed by atoms with Gasteiger partial charge in [-0.2, -0.15) is 0 Å². The van der Waals surface area contributed by atoms with E-state index in [1.165, 1.54) is 0 Å². The Kier molecular flexibility index (Phi) is 4.45. The number of sulfone groups is 1. The molecule has 0 aliphatic rings. The predicted molar refractivity (Wildman–Crippen MR) is 80.2 cm³/mol. The normalized spacial score (nSPS) is 11.3. The molecule has 0 unspecified atom stereocenters. The largest absolute Gasteiger partial charge is 0.465 e. The fourth-order valence-corrected chi connectivity index (χ4v) is 3.20. The van der Waals surface area contributed by atoms with E-state index in [2.05, 4.69) is 0 Å². The molecule has 0 aliphatic heterocycles. The van der Waals surface area contributed by atoms with E-state index >= 15 is 0 Å². The zero-order chi connectivity index (χ0) is 14.6. The van der Waals surface area contributed by atoms with Crippen LogP contribution in [0.1, 0.15) is 25.2 Å². The summed E-state index contributed by atoms with van der Waals surface area (Å²) in [5.74, 6) is 0.849. The lowest BCUT2D eigenvalue weighted by Crippen LogP contribution is -2.08. The molecule has 2 rings (SSSR count). The van der Waals surface area contributed by atoms with Crippen LogP contribution in [-0.2, 0) is 16.3 Å². The molecule has 0 N–H and O–H groups in total. The maximum atomic E-state index is 12.1. The molecule has 0 radical (unpaired) electrons. The number of hydrogen-bond donors (Lipinski definition) is 0. The highest BCUT2D eigenvalue weighted by molar-refractivity contribution is 7.91. The van der Waals surface area contributed by atoms with Gasteiger partial charge in [-0.1, -0.05) is 23.8 Å². The second-order valence-corrected chi connectivity index (χ2v) is 7.07. The SMILES string of the molecule is CC(C)=Cc1cc(CCS(=O)(=O)c2ccccc2)co1. The first-order valence-electron chi connectivity index (χ1n) is 6.47. The molecule has 0 aliphatic carbocycles. The molecule has 0 saturated heterocycles. The molecule has 0 spiro atoms. The molecule has 0 saturated carbocycles. The van der Waals surface area contributed by atoms with Gasteiger partial charge in [0.2, 0.25) is 0 Å². The molecule has 1 heterocycles. The van der Waals surface area contributed by atoms with Gasteiger partial charge in [0.25, 0.3) is 0 Å². The third-order valence-electron chi connectivity index (χ3n) is 2.87. The van der Waals surface area contributed by atoms with E-state index in [1.54, 1.807) is 36.6 Å². The second-order valence-electron chi connectivity index (χ2n) is 4.96. The Labute approximate surface area is 119 Å². The molecule has 0 atom stereocenters. The third-order valence-corrected chi connectivity index (χ3v) is 4.60. The molecule has 3 nitrogen and oxygen atoms in total. The van der Waals surface area contributed by atoms with Gasteiger partial charge >= 0.3 is 0 Å². The van der Waals surface area contributed by atoms with Crippen LogP contribution in [0.25, 0.3) is 6.08 Å². The number of allylic oxidation sites excluding steroid dienone is 1. The minimum atomic E-state index is -3.23. The van der Waals surface area contributed by atoms with E-state index in [0.717, 1.165) is 16.9 Å². The Bertz CT molecular complexity index is 690. The van der Waals surface area contributed by atoms with Gasteiger partial charge < -0.3 is 4.42 Å². The minimum Gasteiger partial charge on any atom is -0.465 e. The topological polar surface area (TPSA) is 47.3 Å². The first-order valence-corrected chi connectivity index (χ1v) is 8.13. The van der Waals surface area contributed by atoms with Gasteiger partial charge in [0.05, 0.1) is 16.9 Å². The average molecular weight is 290 g/mol. The lowest BCUT2D eigenvalue weighted by atomic mass is 10.2. The average Bonchev–Trinajstić information content (AvgIpc) is 2.84. The lowest BCUT2D eigenvalue weighted by molar-refractivity contribution is 0.553. The Morgan fingerprint density at radius 1 is 1.20 bits per heavy atom. The summed E-state index contributed by atoms with van der Waals surface area (Å²) in [6.45, 7) is 3.98. The van der Waals surface area contributed by atoms with Crippen LogP contribution in [0.15, 0.2) is 57.5 Å². The first kappa shape index (κ1) is 14.6. The van der Waals surface area contributed by atoms with Crippen molar-refractivity contribution in [2.75, 3.05) is 5.75 Å². The first-order chi connectivity index (χ1) is 9.47. The van der Waals surface area contributed by atoms with E-state index in [1.807, 2.05) is 26.0 Å². The standard InChI is InChI=1S/C16H18O3S/c1-13(2)10-15-11-14(12-19-15)8-9-20(17,18)16-6-4-3-5-7-16/h3-7,10-12H,8-9H2,1-2H3. The monoisotopic (exact) mass is 290 g/mol. The Balaban J connectivity index is 2.05. The third kappa shape index (κ3) is 3.84.